The third-order valence-electron chi connectivity index (χ3n) is 4.16. The van der Waals surface area contributed by atoms with Gasteiger partial charge in [0, 0.05) is 24.2 Å². The molecule has 0 fully saturated rings. The molecule has 0 amide bonds. The minimum Gasteiger partial charge on any atom is -0.503 e. The zero-order valence-corrected chi connectivity index (χ0v) is 16.8. The van der Waals surface area contributed by atoms with E-state index in [2.05, 4.69) is 4.98 Å². The number of fused-ring (bicyclic) bond motifs is 1. The number of benzene rings is 1. The fourth-order valence-corrected chi connectivity index (χ4v) is 2.87. The van der Waals surface area contributed by atoms with Gasteiger partial charge >= 0.3 is 0 Å². The standard InChI is InChI=1S/C19H21N2O4.V/c1-12-16(22-2)7-6-15-14(20-11-21(12)15)8-13-9-17(23-3)19(25-5)18(10-13)24-4;/h6-11H,1-5H3;/q-1;. The molecule has 0 bridgehead atoms. The quantitative estimate of drug-likeness (QED) is 0.603. The van der Waals surface area contributed by atoms with Gasteiger partial charge in [0.25, 0.3) is 0 Å². The average Bonchev–Trinajstić information content (AvgIpc) is 3.04. The summed E-state index contributed by atoms with van der Waals surface area (Å²) in [4.78, 5) is 4.52. The van der Waals surface area contributed by atoms with E-state index in [1.165, 1.54) is 0 Å². The summed E-state index contributed by atoms with van der Waals surface area (Å²) in [5.74, 6) is 2.60. The van der Waals surface area contributed by atoms with Gasteiger partial charge in [-0.05, 0) is 18.5 Å². The first kappa shape index (κ1) is 19.9. The first-order valence-electron chi connectivity index (χ1n) is 7.78. The van der Waals surface area contributed by atoms with Crippen molar-refractivity contribution in [2.45, 2.75) is 6.92 Å². The maximum absolute atomic E-state index is 5.41. The van der Waals surface area contributed by atoms with E-state index in [1.54, 1.807) is 34.8 Å². The molecule has 2 heterocycles. The van der Waals surface area contributed by atoms with Crippen molar-refractivity contribution in [3.63, 3.8) is 0 Å². The van der Waals surface area contributed by atoms with Crippen molar-refractivity contribution in [3.05, 3.63) is 54.0 Å². The van der Waals surface area contributed by atoms with Crippen LogP contribution in [0, 0.1) is 13.3 Å². The number of hydrogen-bond donors (Lipinski definition) is 0. The second-order valence-corrected chi connectivity index (χ2v) is 5.48. The summed E-state index contributed by atoms with van der Waals surface area (Å²) in [6.45, 7) is 2.00. The fraction of sp³-hybridized carbons (Fsp3) is 0.263. The topological polar surface area (TPSA) is 54.2 Å². The maximum atomic E-state index is 5.41. The molecule has 0 N–H and O–H groups in total. The number of rotatable bonds is 6. The van der Waals surface area contributed by atoms with Crippen LogP contribution in [0.15, 0.2) is 30.6 Å². The van der Waals surface area contributed by atoms with Crippen molar-refractivity contribution in [3.8, 4) is 23.0 Å². The summed E-state index contributed by atoms with van der Waals surface area (Å²) in [5.41, 5.74) is 3.74. The predicted octanol–water partition coefficient (Wildman–Crippen LogP) is 3.28. The molecule has 0 unspecified atom stereocenters. The minimum atomic E-state index is 0. The molecular weight excluding hydrogens is 371 g/mol. The molecule has 0 saturated carbocycles. The predicted molar refractivity (Wildman–Crippen MR) is 95.1 cm³/mol. The number of aryl methyl sites for hydroxylation is 1. The molecule has 3 rings (SSSR count). The van der Waals surface area contributed by atoms with Crippen molar-refractivity contribution >= 4 is 5.52 Å². The van der Waals surface area contributed by atoms with Gasteiger partial charge in [0.1, 0.15) is 17.2 Å². The Labute approximate surface area is 164 Å². The molecule has 3 aromatic rings. The van der Waals surface area contributed by atoms with Gasteiger partial charge in [-0.25, -0.2) is 0 Å². The largest absolute Gasteiger partial charge is 0.503 e. The molecule has 26 heavy (non-hydrogen) atoms. The van der Waals surface area contributed by atoms with Gasteiger partial charge in [0.2, 0.25) is 0 Å². The summed E-state index contributed by atoms with van der Waals surface area (Å²) >= 11 is 0. The SMILES string of the molecule is COc1cc([CH-]c2ncn3c(C)c(OC)ccc23)cc(OC)c1OC.[V]. The summed E-state index contributed by atoms with van der Waals surface area (Å²) in [6.07, 6.45) is 3.77. The molecule has 1 radical (unpaired) electrons. The fourth-order valence-electron chi connectivity index (χ4n) is 2.87. The van der Waals surface area contributed by atoms with Crippen LogP contribution in [0.25, 0.3) is 5.52 Å². The van der Waals surface area contributed by atoms with E-state index in [0.717, 1.165) is 28.2 Å². The summed E-state index contributed by atoms with van der Waals surface area (Å²) in [5, 5.41) is 0. The number of ether oxygens (including phenoxy) is 4. The van der Waals surface area contributed by atoms with Crippen molar-refractivity contribution in [2.75, 3.05) is 28.4 Å². The number of nitrogens with zero attached hydrogens (tertiary/aromatic N) is 2. The Balaban J connectivity index is 0.00000243. The molecule has 137 valence electrons. The summed E-state index contributed by atoms with van der Waals surface area (Å²) < 4.78 is 23.5. The minimum absolute atomic E-state index is 0. The van der Waals surface area contributed by atoms with Gasteiger partial charge < -0.3 is 23.3 Å². The first-order valence-corrected chi connectivity index (χ1v) is 7.78. The maximum Gasteiger partial charge on any atom is 0.183 e. The summed E-state index contributed by atoms with van der Waals surface area (Å²) in [7, 11) is 6.45. The number of pyridine rings is 1. The molecule has 0 atom stereocenters. The van der Waals surface area contributed by atoms with E-state index in [1.807, 2.05) is 42.0 Å². The van der Waals surface area contributed by atoms with Gasteiger partial charge in [-0.15, -0.1) is 12.0 Å². The van der Waals surface area contributed by atoms with Crippen LogP contribution in [0.5, 0.6) is 23.0 Å². The summed E-state index contributed by atoms with van der Waals surface area (Å²) in [6, 6.07) is 7.72. The van der Waals surface area contributed by atoms with Crippen LogP contribution in [0.3, 0.4) is 0 Å². The molecule has 0 saturated heterocycles. The van der Waals surface area contributed by atoms with Crippen molar-refractivity contribution < 1.29 is 37.5 Å². The molecular formula is C19H21N2O4V-. The Morgan fingerprint density at radius 1 is 0.885 bits per heavy atom. The van der Waals surface area contributed by atoms with Gasteiger partial charge in [-0.2, -0.15) is 0 Å². The van der Waals surface area contributed by atoms with Gasteiger partial charge in [0.05, 0.1) is 40.5 Å². The normalized spacial score (nSPS) is 10.2. The van der Waals surface area contributed by atoms with E-state index < -0.39 is 0 Å². The number of imidazole rings is 1. The number of methoxy groups -OCH3 is 4. The van der Waals surface area contributed by atoms with Crippen LogP contribution in [-0.4, -0.2) is 37.8 Å². The van der Waals surface area contributed by atoms with Crippen LogP contribution in [-0.2, 0) is 18.6 Å². The second kappa shape index (κ2) is 8.30. The zero-order chi connectivity index (χ0) is 18.0. The van der Waals surface area contributed by atoms with E-state index in [0.29, 0.717) is 17.2 Å². The number of hydrogen-bond acceptors (Lipinski definition) is 5. The molecule has 2 aromatic heterocycles. The number of aromatic nitrogens is 2. The second-order valence-electron chi connectivity index (χ2n) is 5.48. The smallest absolute Gasteiger partial charge is 0.183 e. The van der Waals surface area contributed by atoms with Gasteiger partial charge in [0.15, 0.2) is 5.75 Å². The molecule has 0 aliphatic rings. The van der Waals surface area contributed by atoms with Crippen molar-refractivity contribution in [1.29, 1.82) is 0 Å². The Morgan fingerprint density at radius 3 is 2.04 bits per heavy atom. The monoisotopic (exact) mass is 392 g/mol. The van der Waals surface area contributed by atoms with Gasteiger partial charge in [-0.1, -0.05) is 18.2 Å². The molecule has 1 aromatic carbocycles. The molecule has 7 heteroatoms. The van der Waals surface area contributed by atoms with Crippen LogP contribution >= 0.6 is 0 Å². The average molecular weight is 392 g/mol. The van der Waals surface area contributed by atoms with Crippen LogP contribution in [0.2, 0.25) is 0 Å². The first-order chi connectivity index (χ1) is 12.1. The Hall–Kier alpha value is -2.44. The van der Waals surface area contributed by atoms with E-state index in [-0.39, 0.29) is 18.6 Å². The van der Waals surface area contributed by atoms with Crippen molar-refractivity contribution in [2.24, 2.45) is 0 Å². The van der Waals surface area contributed by atoms with E-state index in [4.69, 9.17) is 18.9 Å². The van der Waals surface area contributed by atoms with Crippen molar-refractivity contribution in [1.82, 2.24) is 9.38 Å². The van der Waals surface area contributed by atoms with Crippen LogP contribution in [0.4, 0.5) is 0 Å². The van der Waals surface area contributed by atoms with Crippen LogP contribution in [0.1, 0.15) is 17.0 Å². The van der Waals surface area contributed by atoms with Crippen LogP contribution < -0.4 is 18.9 Å². The van der Waals surface area contributed by atoms with E-state index in [9.17, 15) is 0 Å². The third-order valence-corrected chi connectivity index (χ3v) is 4.16. The Bertz CT molecular complexity index is 883. The molecule has 0 spiro atoms. The zero-order valence-electron chi connectivity index (χ0n) is 15.4. The molecule has 0 aliphatic carbocycles. The van der Waals surface area contributed by atoms with E-state index >= 15 is 0 Å². The molecule has 6 nitrogen and oxygen atoms in total. The third kappa shape index (κ3) is 3.43. The Kier molecular flexibility index (Phi) is 6.34. The molecule has 0 aliphatic heterocycles. The Morgan fingerprint density at radius 2 is 1.50 bits per heavy atom. The van der Waals surface area contributed by atoms with Gasteiger partial charge in [-0.3, -0.25) is 4.98 Å².